The van der Waals surface area contributed by atoms with Crippen LogP contribution in [0.2, 0.25) is 0 Å². The van der Waals surface area contributed by atoms with Gasteiger partial charge in [0.25, 0.3) is 0 Å². The predicted octanol–water partition coefficient (Wildman–Crippen LogP) is 7.14. The summed E-state index contributed by atoms with van der Waals surface area (Å²) in [5, 5.41) is 0. The third kappa shape index (κ3) is 15.7. The van der Waals surface area contributed by atoms with Crippen LogP contribution in [0.5, 0.6) is 11.5 Å². The number of hydrogen-bond acceptors (Lipinski definition) is 9. The Morgan fingerprint density at radius 3 is 2.31 bits per heavy atom. The summed E-state index contributed by atoms with van der Waals surface area (Å²) in [6.45, 7) is 9.90. The first kappa shape index (κ1) is 39.8. The van der Waals surface area contributed by atoms with Gasteiger partial charge >= 0.3 is 20.2 Å². The van der Waals surface area contributed by atoms with Crippen LogP contribution < -0.4 is 9.05 Å². The molecule has 0 fully saturated rings. The van der Waals surface area contributed by atoms with Gasteiger partial charge < -0.3 is 18.5 Å². The molecule has 1 aromatic rings. The van der Waals surface area contributed by atoms with Crippen LogP contribution in [0.15, 0.2) is 23.8 Å². The molecule has 1 aromatic carbocycles. The fourth-order valence-corrected chi connectivity index (χ4v) is 5.36. The third-order valence-corrected chi connectivity index (χ3v) is 7.30. The monoisotopic (exact) mass is 840 g/mol. The molecule has 0 aliphatic heterocycles. The van der Waals surface area contributed by atoms with E-state index in [0.29, 0.717) is 11.5 Å². The van der Waals surface area contributed by atoms with Gasteiger partial charge in [0.15, 0.2) is 0 Å². The number of esters is 2. The van der Waals surface area contributed by atoms with E-state index in [1.165, 1.54) is 26.3 Å². The minimum atomic E-state index is -3.05. The zero-order valence-corrected chi connectivity index (χ0v) is 33.2. The quantitative estimate of drug-likeness (QED) is 0.0600. The molecule has 13 heteroatoms. The number of benzene rings is 1. The van der Waals surface area contributed by atoms with Gasteiger partial charge in [0.05, 0.1) is 0 Å². The Morgan fingerprint density at radius 1 is 1.05 bits per heavy atom. The van der Waals surface area contributed by atoms with E-state index < -0.39 is 41.8 Å². The van der Waals surface area contributed by atoms with Crippen molar-refractivity contribution in [1.82, 2.24) is 0 Å². The normalized spacial score (nSPS) is 17.2. The number of ether oxygens (including phenoxy) is 2. The zero-order valence-electron chi connectivity index (χ0n) is 23.7. The van der Waals surface area contributed by atoms with Crippen molar-refractivity contribution in [2.24, 2.45) is 0 Å². The maximum Gasteiger partial charge on any atom is 0.370 e. The molecule has 0 saturated carbocycles. The average Bonchev–Trinajstić information content (AvgIpc) is 2.78. The zero-order chi connectivity index (χ0) is 27.4. The molecular weight excluding hydrogens is 800 g/mol. The van der Waals surface area contributed by atoms with Crippen molar-refractivity contribution in [3.63, 3.8) is 0 Å². The summed E-state index contributed by atoms with van der Waals surface area (Å²) in [5.41, 5.74) is 2.99. The number of carbonyl (C=O) groups is 2. The van der Waals surface area contributed by atoms with E-state index in [2.05, 4.69) is 19.9 Å². The van der Waals surface area contributed by atoms with Gasteiger partial charge in [-0.05, 0) is 70.6 Å². The first-order valence-electron chi connectivity index (χ1n) is 12.7. The Balaban J connectivity index is 0.00000722. The number of unbranched alkanes of at least 4 members (excludes halogenated alkanes) is 2. The molecule has 2 radical (unpaired) electrons. The van der Waals surface area contributed by atoms with E-state index in [-0.39, 0.29) is 88.5 Å². The largest absolute Gasteiger partial charge is 0.449 e. The van der Waals surface area contributed by atoms with E-state index in [1.807, 2.05) is 12.1 Å². The van der Waals surface area contributed by atoms with E-state index in [1.54, 1.807) is 6.92 Å². The summed E-state index contributed by atoms with van der Waals surface area (Å²) in [4.78, 5) is 22.4. The molecule has 1 aliphatic rings. The summed E-state index contributed by atoms with van der Waals surface area (Å²) in [6.07, 6.45) is 7.23. The van der Waals surface area contributed by atoms with Crippen LogP contribution >= 0.6 is 17.3 Å². The number of allylic oxidation sites excluding steroid dienone is 2. The van der Waals surface area contributed by atoms with Gasteiger partial charge in [0.1, 0.15) is 11.5 Å². The summed E-state index contributed by atoms with van der Waals surface area (Å²) in [5.74, 6) is -0.0152. The van der Waals surface area contributed by atoms with Crippen molar-refractivity contribution < 1.29 is 124 Å². The molecule has 0 saturated heterocycles. The second kappa shape index (κ2) is 21.5. The van der Waals surface area contributed by atoms with Gasteiger partial charge in [0, 0.05) is 108 Å². The van der Waals surface area contributed by atoms with Crippen LogP contribution in [-0.2, 0) is 39.1 Å². The van der Waals surface area contributed by atoms with Crippen LogP contribution in [-0.4, -0.2) is 24.5 Å². The molecule has 0 spiro atoms. The van der Waals surface area contributed by atoms with Crippen LogP contribution in [0.4, 0.5) is 0 Å². The molecule has 39 heavy (non-hydrogen) atoms. The van der Waals surface area contributed by atoms with Gasteiger partial charge in [-0.2, -0.15) is 0 Å². The van der Waals surface area contributed by atoms with E-state index in [9.17, 15) is 14.2 Å². The number of hydrogen-bond donors (Lipinski definition) is 0. The van der Waals surface area contributed by atoms with E-state index in [0.717, 1.165) is 56.1 Å². The molecular formula is C26H40O9P2Pr2. The summed E-state index contributed by atoms with van der Waals surface area (Å²) in [6, 6.07) is 3.87. The number of carbonyl (C=O) groups excluding carboxylic acids is 2. The topological polar surface area (TPSA) is 107 Å². The number of rotatable bonds is 15. The molecule has 0 heterocycles. The van der Waals surface area contributed by atoms with Crippen LogP contribution in [0.25, 0.3) is 0 Å². The Hall–Kier alpha value is 0.807. The smallest absolute Gasteiger partial charge is 0.370 e. The molecule has 5 unspecified atom stereocenters. The maximum atomic E-state index is 12.8. The molecule has 0 amide bonds. The Kier molecular flexibility index (Phi) is 21.9. The van der Waals surface area contributed by atoms with Gasteiger partial charge in [-0.25, -0.2) is 4.57 Å². The van der Waals surface area contributed by atoms with Crippen molar-refractivity contribution in [3.05, 3.63) is 34.9 Å². The minimum absolute atomic E-state index is 0. The fraction of sp³-hybridized carbons (Fsp3) is 0.615. The molecule has 9 nitrogen and oxygen atoms in total. The SMILES string of the molecule is CCCCCc1cc(OPOC(C)OC(C)=O)c(C2C=C(C)CCC2)c(O[PH](=O)OC(C)OC(C)=O)c1.[Pr].[Pr]. The first-order chi connectivity index (χ1) is 17.6. The molecule has 0 N–H and O–H groups in total. The van der Waals surface area contributed by atoms with Crippen molar-refractivity contribution >= 4 is 29.2 Å². The second-order valence-electron chi connectivity index (χ2n) is 9.10. The Labute approximate surface area is 301 Å². The van der Waals surface area contributed by atoms with E-state index in [4.69, 9.17) is 27.6 Å². The van der Waals surface area contributed by atoms with Gasteiger partial charge in [-0.15, -0.1) is 0 Å². The van der Waals surface area contributed by atoms with E-state index >= 15 is 0 Å². The molecule has 2 rings (SSSR count). The third-order valence-electron chi connectivity index (χ3n) is 5.66. The summed E-state index contributed by atoms with van der Waals surface area (Å²) in [7, 11) is -3.49. The molecule has 1 aliphatic carbocycles. The Morgan fingerprint density at radius 2 is 1.69 bits per heavy atom. The van der Waals surface area contributed by atoms with Crippen LogP contribution in [0.1, 0.15) is 97.1 Å². The standard InChI is InChI=1S/C26H40O9P2.2Pr/c1-7-8-9-12-22-15-24(33-36-32-20(5)30-18(3)27)26(23-13-10-11-17(2)14-23)25(16-22)35-37(29)34-21(6)31-19(4)28;;/h14-16,20-21,23,36-37H,7-13H2,1-6H3;;. The minimum Gasteiger partial charge on any atom is -0.449 e. The van der Waals surface area contributed by atoms with Crippen molar-refractivity contribution in [2.45, 2.75) is 105 Å². The fourth-order valence-electron chi connectivity index (χ4n) is 4.15. The first-order valence-corrected chi connectivity index (χ1v) is 14.8. The van der Waals surface area contributed by atoms with Crippen molar-refractivity contribution in [2.75, 3.05) is 0 Å². The second-order valence-corrected chi connectivity index (χ2v) is 10.6. The van der Waals surface area contributed by atoms with Crippen molar-refractivity contribution in [3.8, 4) is 11.5 Å². The molecule has 214 valence electrons. The molecule has 5 atom stereocenters. The van der Waals surface area contributed by atoms with Crippen molar-refractivity contribution in [1.29, 1.82) is 0 Å². The maximum absolute atomic E-state index is 12.8. The Bertz CT molecular complexity index is 975. The van der Waals surface area contributed by atoms with Gasteiger partial charge in [-0.1, -0.05) is 31.4 Å². The predicted molar refractivity (Wildman–Crippen MR) is 143 cm³/mol. The summed E-state index contributed by atoms with van der Waals surface area (Å²) >= 11 is 0. The number of aryl methyl sites for hydroxylation is 1. The molecule has 0 aromatic heterocycles. The average molecular weight is 840 g/mol. The molecule has 0 bridgehead atoms. The van der Waals surface area contributed by atoms with Crippen LogP contribution in [0.3, 0.4) is 0 Å². The van der Waals surface area contributed by atoms with Crippen LogP contribution in [0, 0.1) is 82.6 Å². The van der Waals surface area contributed by atoms with Gasteiger partial charge in [-0.3, -0.25) is 18.6 Å². The summed E-state index contributed by atoms with van der Waals surface area (Å²) < 4.78 is 45.6. The van der Waals surface area contributed by atoms with Gasteiger partial charge in [0.2, 0.25) is 21.6 Å².